The average Bonchev–Trinajstić information content (AvgIpc) is 3.37. The van der Waals surface area contributed by atoms with Crippen molar-refractivity contribution < 1.29 is 0 Å². The lowest BCUT2D eigenvalue weighted by molar-refractivity contribution is 0.202. The summed E-state index contributed by atoms with van der Waals surface area (Å²) >= 11 is 8.40. The van der Waals surface area contributed by atoms with Gasteiger partial charge < -0.3 is 0 Å². The van der Waals surface area contributed by atoms with Gasteiger partial charge in [-0.25, -0.2) is 0 Å². The number of rotatable bonds is 2. The number of halogens is 1. The van der Waals surface area contributed by atoms with Gasteiger partial charge in [-0.3, -0.25) is 0 Å². The standard InChI is InChI=1S/C31H31ClS/c32-22-15-17-26-25-16-14-21(18-29(25)33-30(26)19-22)31(20-8-2-1-3-9-20)27-12-6-4-10-23(27)24-11-5-7-13-28(24)31/h1-4,6,8-10,12,15,18-19,23-24,26-28H,5,7,11,13-14,16-17H2. The third-order valence-electron chi connectivity index (χ3n) is 9.49. The third-order valence-corrected chi connectivity index (χ3v) is 11.0. The van der Waals surface area contributed by atoms with E-state index in [4.69, 9.17) is 11.6 Å². The molecule has 0 radical (unpaired) electrons. The second kappa shape index (κ2) is 7.92. The van der Waals surface area contributed by atoms with Crippen LogP contribution in [0.4, 0.5) is 0 Å². The molecule has 1 heterocycles. The Morgan fingerprint density at radius 1 is 0.939 bits per heavy atom. The predicted molar refractivity (Wildman–Crippen MR) is 141 cm³/mol. The first-order valence-electron chi connectivity index (χ1n) is 12.9. The summed E-state index contributed by atoms with van der Waals surface area (Å²) in [4.78, 5) is 3.01. The van der Waals surface area contributed by atoms with Crippen LogP contribution in [0.3, 0.4) is 0 Å². The van der Waals surface area contributed by atoms with Gasteiger partial charge in [0.1, 0.15) is 0 Å². The van der Waals surface area contributed by atoms with Crippen LogP contribution >= 0.6 is 23.4 Å². The van der Waals surface area contributed by atoms with Gasteiger partial charge in [-0.2, -0.15) is 0 Å². The van der Waals surface area contributed by atoms with Crippen LogP contribution in [0.25, 0.3) is 0 Å². The molecular weight excluding hydrogens is 440 g/mol. The van der Waals surface area contributed by atoms with E-state index in [1.165, 1.54) is 48.3 Å². The van der Waals surface area contributed by atoms with E-state index in [0.29, 0.717) is 17.8 Å². The molecule has 2 heteroatoms. The molecule has 0 bridgehead atoms. The highest BCUT2D eigenvalue weighted by Crippen LogP contribution is 2.66. The fraction of sp³-hybridized carbons (Fsp3) is 0.419. The minimum Gasteiger partial charge on any atom is -0.0939 e. The average molecular weight is 471 g/mol. The second-order valence-corrected chi connectivity index (χ2v) is 12.3. The van der Waals surface area contributed by atoms with Crippen molar-refractivity contribution in [3.8, 4) is 0 Å². The van der Waals surface area contributed by atoms with Crippen LogP contribution in [0.5, 0.6) is 0 Å². The van der Waals surface area contributed by atoms with Crippen molar-refractivity contribution in [3.63, 3.8) is 0 Å². The molecule has 0 N–H and O–H groups in total. The van der Waals surface area contributed by atoms with Crippen molar-refractivity contribution >= 4 is 23.4 Å². The Hall–Kier alpha value is -1.70. The topological polar surface area (TPSA) is 0 Å². The Labute approximate surface area is 207 Å². The van der Waals surface area contributed by atoms with Gasteiger partial charge in [-0.05, 0) is 84.0 Å². The van der Waals surface area contributed by atoms with Crippen LogP contribution < -0.4 is 0 Å². The predicted octanol–water partition coefficient (Wildman–Crippen LogP) is 8.85. The molecule has 7 rings (SSSR count). The Balaban J connectivity index is 1.40. The van der Waals surface area contributed by atoms with Gasteiger partial charge in [0.15, 0.2) is 0 Å². The lowest BCUT2D eigenvalue weighted by atomic mass is 9.57. The summed E-state index contributed by atoms with van der Waals surface area (Å²) in [6.45, 7) is 0. The first-order valence-corrected chi connectivity index (χ1v) is 14.1. The molecule has 2 saturated carbocycles. The van der Waals surface area contributed by atoms with E-state index in [1.54, 1.807) is 16.7 Å². The molecule has 1 aromatic rings. The minimum atomic E-state index is 0.134. The molecule has 2 fully saturated rings. The molecule has 0 saturated heterocycles. The summed E-state index contributed by atoms with van der Waals surface area (Å²) in [6, 6.07) is 11.6. The number of thioether (sulfide) groups is 1. The molecule has 1 aliphatic heterocycles. The fourth-order valence-electron chi connectivity index (χ4n) is 8.35. The summed E-state index contributed by atoms with van der Waals surface area (Å²) in [5.74, 6) is 3.39. The molecule has 6 unspecified atom stereocenters. The van der Waals surface area contributed by atoms with E-state index in [1.807, 2.05) is 11.8 Å². The normalized spacial score (nSPS) is 38.7. The van der Waals surface area contributed by atoms with Crippen LogP contribution in [0.1, 0.15) is 50.5 Å². The van der Waals surface area contributed by atoms with E-state index in [9.17, 15) is 0 Å². The molecule has 0 nitrogen and oxygen atoms in total. The van der Waals surface area contributed by atoms with E-state index < -0.39 is 0 Å². The highest BCUT2D eigenvalue weighted by atomic mass is 35.5. The van der Waals surface area contributed by atoms with Crippen LogP contribution in [-0.2, 0) is 5.41 Å². The van der Waals surface area contributed by atoms with Crippen molar-refractivity contribution in [2.75, 3.05) is 0 Å². The molecule has 1 aromatic carbocycles. The zero-order chi connectivity index (χ0) is 22.0. The van der Waals surface area contributed by atoms with Gasteiger partial charge in [0.05, 0.1) is 0 Å². The molecule has 0 spiro atoms. The van der Waals surface area contributed by atoms with Crippen LogP contribution in [0, 0.1) is 29.6 Å². The quantitative estimate of drug-likeness (QED) is 0.415. The molecule has 6 atom stereocenters. The molecule has 0 aromatic heterocycles. The molecule has 168 valence electrons. The summed E-state index contributed by atoms with van der Waals surface area (Å²) in [5.41, 5.74) is 5.08. The molecular formula is C31H31ClS. The van der Waals surface area contributed by atoms with Crippen molar-refractivity contribution in [1.29, 1.82) is 0 Å². The monoisotopic (exact) mass is 470 g/mol. The smallest absolute Gasteiger partial charge is 0.0374 e. The largest absolute Gasteiger partial charge is 0.0939 e. The van der Waals surface area contributed by atoms with E-state index in [-0.39, 0.29) is 5.41 Å². The minimum absolute atomic E-state index is 0.134. The number of benzene rings is 1. The molecule has 0 amide bonds. The van der Waals surface area contributed by atoms with Gasteiger partial charge in [-0.1, -0.05) is 102 Å². The number of hydrogen-bond acceptors (Lipinski definition) is 1. The Bertz CT molecular complexity index is 1160. The second-order valence-electron chi connectivity index (χ2n) is 10.7. The van der Waals surface area contributed by atoms with Crippen LogP contribution in [0.2, 0.25) is 0 Å². The van der Waals surface area contributed by atoms with Crippen molar-refractivity contribution in [2.45, 2.75) is 50.4 Å². The highest BCUT2D eigenvalue weighted by molar-refractivity contribution is 8.07. The van der Waals surface area contributed by atoms with Crippen molar-refractivity contribution in [3.05, 3.63) is 104 Å². The summed E-state index contributed by atoms with van der Waals surface area (Å²) in [7, 11) is 0. The highest BCUT2D eigenvalue weighted by Gasteiger charge is 2.61. The summed E-state index contributed by atoms with van der Waals surface area (Å²) in [6.07, 6.45) is 25.9. The SMILES string of the molecule is ClC1=CCC2C(=C1)SC1=C2CCC(C2(c3ccccc3)C3C=CC=CC3C3CCCCC32)=C1. The van der Waals surface area contributed by atoms with Crippen molar-refractivity contribution in [2.24, 2.45) is 29.6 Å². The van der Waals surface area contributed by atoms with E-state index in [0.717, 1.165) is 23.3 Å². The Morgan fingerprint density at radius 2 is 1.79 bits per heavy atom. The molecule has 33 heavy (non-hydrogen) atoms. The molecule has 6 aliphatic rings. The number of allylic oxidation sites excluding steroid dienone is 11. The van der Waals surface area contributed by atoms with Gasteiger partial charge in [0.25, 0.3) is 0 Å². The summed E-state index contributed by atoms with van der Waals surface area (Å²) in [5, 5.41) is 0.918. The first-order chi connectivity index (χ1) is 16.3. The maximum absolute atomic E-state index is 6.39. The zero-order valence-electron chi connectivity index (χ0n) is 19.1. The zero-order valence-corrected chi connectivity index (χ0v) is 20.6. The first kappa shape index (κ1) is 20.7. The van der Waals surface area contributed by atoms with Gasteiger partial charge in [-0.15, -0.1) is 0 Å². The lowest BCUT2D eigenvalue weighted by Crippen LogP contribution is -2.41. The Kier molecular flexibility index (Phi) is 4.96. The van der Waals surface area contributed by atoms with E-state index >= 15 is 0 Å². The number of hydrogen-bond donors (Lipinski definition) is 0. The van der Waals surface area contributed by atoms with Gasteiger partial charge in [0, 0.05) is 21.3 Å². The summed E-state index contributed by atoms with van der Waals surface area (Å²) < 4.78 is 0. The van der Waals surface area contributed by atoms with Gasteiger partial charge in [0.2, 0.25) is 0 Å². The van der Waals surface area contributed by atoms with Gasteiger partial charge >= 0.3 is 0 Å². The fourth-order valence-corrected chi connectivity index (χ4v) is 10.0. The van der Waals surface area contributed by atoms with E-state index in [2.05, 4.69) is 72.9 Å². The van der Waals surface area contributed by atoms with Crippen molar-refractivity contribution in [1.82, 2.24) is 0 Å². The maximum atomic E-state index is 6.39. The number of fused-ring (bicyclic) bond motifs is 5. The third kappa shape index (κ3) is 2.98. The maximum Gasteiger partial charge on any atom is 0.0374 e. The molecule has 5 aliphatic carbocycles. The van der Waals surface area contributed by atoms with Crippen LogP contribution in [-0.4, -0.2) is 0 Å². The van der Waals surface area contributed by atoms with Crippen LogP contribution in [0.15, 0.2) is 98.9 Å². The Morgan fingerprint density at radius 3 is 2.70 bits per heavy atom. The lowest BCUT2D eigenvalue weighted by Gasteiger charge is -2.46.